The molecule has 19 heavy (non-hydrogen) atoms. The molecule has 0 saturated carbocycles. The molecule has 104 valence electrons. The van der Waals surface area contributed by atoms with Crippen LogP contribution in [0.25, 0.3) is 0 Å². The summed E-state index contributed by atoms with van der Waals surface area (Å²) in [4.78, 5) is 4.16. The van der Waals surface area contributed by atoms with E-state index >= 15 is 0 Å². The number of primary sulfonamides is 1. The van der Waals surface area contributed by atoms with Gasteiger partial charge in [0.25, 0.3) is 0 Å². The van der Waals surface area contributed by atoms with Crippen molar-refractivity contribution in [1.29, 1.82) is 0 Å². The van der Waals surface area contributed by atoms with Crippen LogP contribution in [0.5, 0.6) is 0 Å². The van der Waals surface area contributed by atoms with Crippen LogP contribution in [0.4, 0.5) is 0 Å². The van der Waals surface area contributed by atoms with Gasteiger partial charge in [0.15, 0.2) is 0 Å². The highest BCUT2D eigenvalue weighted by molar-refractivity contribution is 7.89. The van der Waals surface area contributed by atoms with Gasteiger partial charge in [0.05, 0.1) is 11.6 Å². The van der Waals surface area contributed by atoms with Gasteiger partial charge >= 0.3 is 0 Å². The summed E-state index contributed by atoms with van der Waals surface area (Å²) in [6, 6.07) is 4.55. The van der Waals surface area contributed by atoms with Crippen LogP contribution < -0.4 is 5.14 Å². The van der Waals surface area contributed by atoms with Crippen molar-refractivity contribution in [2.24, 2.45) is 10.1 Å². The summed E-state index contributed by atoms with van der Waals surface area (Å²) >= 11 is 5.83. The number of ether oxygens (including phenoxy) is 1. The molecule has 1 aromatic rings. The number of sulfonamides is 1. The normalized spacial score (nSPS) is 19.1. The fraction of sp³-hybridized carbons (Fsp3) is 0.417. The lowest BCUT2D eigenvalue weighted by molar-refractivity contribution is 0.212. The summed E-state index contributed by atoms with van der Waals surface area (Å²) < 4.78 is 28.5. The Bertz CT molecular complexity index is 613. The first-order chi connectivity index (χ1) is 8.91. The molecular weight excluding hydrogens is 288 g/mol. The molecular formula is C12H15ClN2O3S. The SMILES string of the molecule is CCCC1CN=C(c2ccc(Cl)c(S(N)(=O)=O)c2)O1. The molecule has 2 N–H and O–H groups in total. The van der Waals surface area contributed by atoms with Gasteiger partial charge in [0.1, 0.15) is 11.0 Å². The summed E-state index contributed by atoms with van der Waals surface area (Å²) in [6.07, 6.45) is 1.99. The maximum atomic E-state index is 11.4. The van der Waals surface area contributed by atoms with Crippen molar-refractivity contribution in [1.82, 2.24) is 0 Å². The number of aliphatic imine (C=N–C) groups is 1. The van der Waals surface area contributed by atoms with Crippen LogP contribution in [-0.2, 0) is 14.8 Å². The molecule has 2 rings (SSSR count). The number of rotatable bonds is 4. The Labute approximate surface area is 117 Å². The fourth-order valence-corrected chi connectivity index (χ4v) is 2.97. The number of benzene rings is 1. The molecule has 1 heterocycles. The van der Waals surface area contributed by atoms with Crippen LogP contribution in [0.1, 0.15) is 25.3 Å². The van der Waals surface area contributed by atoms with Crippen molar-refractivity contribution in [3.05, 3.63) is 28.8 Å². The van der Waals surface area contributed by atoms with Gasteiger partial charge in [-0.3, -0.25) is 0 Å². The Morgan fingerprint density at radius 1 is 1.53 bits per heavy atom. The zero-order valence-electron chi connectivity index (χ0n) is 10.5. The highest BCUT2D eigenvalue weighted by Gasteiger charge is 2.22. The van der Waals surface area contributed by atoms with E-state index in [2.05, 4.69) is 11.9 Å². The number of hydrogen-bond acceptors (Lipinski definition) is 4. The second kappa shape index (κ2) is 5.48. The molecule has 0 saturated heterocycles. The number of hydrogen-bond donors (Lipinski definition) is 1. The Hall–Kier alpha value is -1.11. The van der Waals surface area contributed by atoms with Gasteiger partial charge in [-0.05, 0) is 24.6 Å². The lowest BCUT2D eigenvalue weighted by Gasteiger charge is -2.10. The maximum Gasteiger partial charge on any atom is 0.239 e. The summed E-state index contributed by atoms with van der Waals surface area (Å²) in [5.74, 6) is 0.444. The average molecular weight is 303 g/mol. The third-order valence-electron chi connectivity index (χ3n) is 2.81. The van der Waals surface area contributed by atoms with Gasteiger partial charge in [0.2, 0.25) is 15.9 Å². The molecule has 1 aliphatic rings. The molecule has 7 heteroatoms. The monoisotopic (exact) mass is 302 g/mol. The number of halogens is 1. The van der Waals surface area contributed by atoms with Gasteiger partial charge < -0.3 is 4.74 Å². The zero-order chi connectivity index (χ0) is 14.0. The molecule has 0 aliphatic carbocycles. The minimum absolute atomic E-state index is 0.0635. The average Bonchev–Trinajstić information content (AvgIpc) is 2.77. The van der Waals surface area contributed by atoms with E-state index in [1.807, 2.05) is 0 Å². The summed E-state index contributed by atoms with van der Waals surface area (Å²) in [7, 11) is -3.85. The first kappa shape index (κ1) is 14.3. The van der Waals surface area contributed by atoms with E-state index in [9.17, 15) is 8.42 Å². The molecule has 0 fully saturated rings. The standard InChI is InChI=1S/C12H15ClN2O3S/c1-2-3-9-7-15-12(18-9)8-4-5-10(13)11(6-8)19(14,16)17/h4-6,9H,2-3,7H2,1H3,(H2,14,16,17). The molecule has 0 bridgehead atoms. The molecule has 1 atom stereocenters. The van der Waals surface area contributed by atoms with Gasteiger partial charge in [0, 0.05) is 5.56 Å². The largest absolute Gasteiger partial charge is 0.472 e. The first-order valence-electron chi connectivity index (χ1n) is 5.95. The Balaban J connectivity index is 2.28. The van der Waals surface area contributed by atoms with Crippen molar-refractivity contribution in [2.45, 2.75) is 30.8 Å². The van der Waals surface area contributed by atoms with Crippen LogP contribution in [0.15, 0.2) is 28.1 Å². The van der Waals surface area contributed by atoms with Crippen molar-refractivity contribution in [2.75, 3.05) is 6.54 Å². The third-order valence-corrected chi connectivity index (χ3v) is 4.20. The van der Waals surface area contributed by atoms with E-state index in [1.54, 1.807) is 6.07 Å². The van der Waals surface area contributed by atoms with E-state index in [0.29, 0.717) is 18.0 Å². The summed E-state index contributed by atoms with van der Waals surface area (Å²) in [6.45, 7) is 2.67. The molecule has 1 unspecified atom stereocenters. The third kappa shape index (κ3) is 3.26. The molecule has 1 aromatic carbocycles. The Morgan fingerprint density at radius 3 is 2.89 bits per heavy atom. The minimum Gasteiger partial charge on any atom is -0.472 e. The van der Waals surface area contributed by atoms with Crippen LogP contribution in [-0.4, -0.2) is 27.0 Å². The van der Waals surface area contributed by atoms with Crippen molar-refractivity contribution < 1.29 is 13.2 Å². The van der Waals surface area contributed by atoms with Crippen LogP contribution in [0, 0.1) is 0 Å². The van der Waals surface area contributed by atoms with E-state index in [1.165, 1.54) is 12.1 Å². The second-order valence-corrected chi connectivity index (χ2v) is 6.30. The smallest absolute Gasteiger partial charge is 0.239 e. The van der Waals surface area contributed by atoms with Crippen LogP contribution in [0.3, 0.4) is 0 Å². The highest BCUT2D eigenvalue weighted by atomic mass is 35.5. The summed E-state index contributed by atoms with van der Waals surface area (Å²) in [5, 5.41) is 5.20. The first-order valence-corrected chi connectivity index (χ1v) is 7.88. The number of nitrogens with two attached hydrogens (primary N) is 1. The lowest BCUT2D eigenvalue weighted by Crippen LogP contribution is -2.15. The van der Waals surface area contributed by atoms with Crippen LogP contribution >= 0.6 is 11.6 Å². The van der Waals surface area contributed by atoms with E-state index < -0.39 is 10.0 Å². The lowest BCUT2D eigenvalue weighted by atomic mass is 10.2. The van der Waals surface area contributed by atoms with Gasteiger partial charge in [-0.25, -0.2) is 18.5 Å². The predicted octanol–water partition coefficient (Wildman–Crippen LogP) is 1.93. The van der Waals surface area contributed by atoms with Crippen LogP contribution in [0.2, 0.25) is 5.02 Å². The topological polar surface area (TPSA) is 81.8 Å². The minimum atomic E-state index is -3.85. The highest BCUT2D eigenvalue weighted by Crippen LogP contribution is 2.24. The van der Waals surface area contributed by atoms with Gasteiger partial charge in [-0.2, -0.15) is 0 Å². The zero-order valence-corrected chi connectivity index (χ0v) is 12.0. The molecule has 1 aliphatic heterocycles. The Kier molecular flexibility index (Phi) is 4.13. The van der Waals surface area contributed by atoms with E-state index in [4.69, 9.17) is 21.5 Å². The quantitative estimate of drug-likeness (QED) is 0.922. The van der Waals surface area contributed by atoms with E-state index in [0.717, 1.165) is 12.8 Å². The number of nitrogens with zero attached hydrogens (tertiary/aromatic N) is 1. The van der Waals surface area contributed by atoms with Crippen molar-refractivity contribution in [3.63, 3.8) is 0 Å². The van der Waals surface area contributed by atoms with Gasteiger partial charge in [-0.15, -0.1) is 0 Å². The molecule has 0 amide bonds. The second-order valence-electron chi connectivity index (χ2n) is 4.36. The van der Waals surface area contributed by atoms with Gasteiger partial charge in [-0.1, -0.05) is 24.9 Å². The molecule has 0 spiro atoms. The predicted molar refractivity (Wildman–Crippen MR) is 74.0 cm³/mol. The fourth-order valence-electron chi connectivity index (χ4n) is 1.90. The van der Waals surface area contributed by atoms with Crippen molar-refractivity contribution >= 4 is 27.5 Å². The molecule has 0 aromatic heterocycles. The Morgan fingerprint density at radius 2 is 2.26 bits per heavy atom. The summed E-state index contributed by atoms with van der Waals surface area (Å²) in [5.41, 5.74) is 0.576. The maximum absolute atomic E-state index is 11.4. The molecule has 5 nitrogen and oxygen atoms in total. The van der Waals surface area contributed by atoms with Crippen molar-refractivity contribution in [3.8, 4) is 0 Å². The van der Waals surface area contributed by atoms with E-state index in [-0.39, 0.29) is 16.0 Å². The molecule has 0 radical (unpaired) electrons.